The molecule has 9 heteroatoms. The molecular weight excluding hydrogens is 371 g/mol. The summed E-state index contributed by atoms with van der Waals surface area (Å²) in [6.45, 7) is 0.700. The molecule has 6 nitrogen and oxygen atoms in total. The zero-order valence-electron chi connectivity index (χ0n) is 15.0. The number of hydrogen-bond acceptors (Lipinski definition) is 3. The molecule has 0 bridgehead atoms. The van der Waals surface area contributed by atoms with Crippen LogP contribution in [-0.2, 0) is 12.1 Å². The van der Waals surface area contributed by atoms with Crippen molar-refractivity contribution in [1.29, 1.82) is 0 Å². The molecule has 4 N–H and O–H groups in total. The van der Waals surface area contributed by atoms with Crippen molar-refractivity contribution in [3.8, 4) is 11.8 Å². The van der Waals surface area contributed by atoms with Crippen molar-refractivity contribution in [3.63, 3.8) is 0 Å². The maximum absolute atomic E-state index is 14.8. The van der Waals surface area contributed by atoms with Crippen molar-refractivity contribution >= 4 is 17.5 Å². The van der Waals surface area contributed by atoms with Crippen LogP contribution >= 0.6 is 0 Å². The van der Waals surface area contributed by atoms with Crippen molar-refractivity contribution in [1.82, 2.24) is 15.1 Å². The molecule has 2 amide bonds. The van der Waals surface area contributed by atoms with Crippen molar-refractivity contribution < 1.29 is 18.0 Å². The van der Waals surface area contributed by atoms with Crippen LogP contribution in [-0.4, -0.2) is 21.7 Å². The van der Waals surface area contributed by atoms with Crippen molar-refractivity contribution in [2.75, 3.05) is 11.1 Å². The van der Waals surface area contributed by atoms with E-state index in [0.29, 0.717) is 6.92 Å². The van der Waals surface area contributed by atoms with E-state index in [-0.39, 0.29) is 35.1 Å². The minimum absolute atomic E-state index is 0.0306. The Labute approximate surface area is 159 Å². The first kappa shape index (κ1) is 18.2. The summed E-state index contributed by atoms with van der Waals surface area (Å²) < 4.78 is 45.6. The van der Waals surface area contributed by atoms with Crippen molar-refractivity contribution in [2.45, 2.75) is 37.8 Å². The zero-order valence-corrected chi connectivity index (χ0v) is 15.0. The van der Waals surface area contributed by atoms with Crippen molar-refractivity contribution in [3.05, 3.63) is 41.3 Å². The van der Waals surface area contributed by atoms with Crippen molar-refractivity contribution in [2.24, 2.45) is 5.92 Å². The molecule has 1 aromatic carbocycles. The van der Waals surface area contributed by atoms with Crippen LogP contribution in [0.15, 0.2) is 24.4 Å². The number of aromatic nitrogens is 2. The van der Waals surface area contributed by atoms with E-state index < -0.39 is 23.3 Å². The number of rotatable bonds is 3. The number of fused-ring (bicyclic) bond motifs is 1. The van der Waals surface area contributed by atoms with Gasteiger partial charge in [-0.2, -0.15) is 5.10 Å². The predicted molar refractivity (Wildman–Crippen MR) is 97.1 cm³/mol. The highest BCUT2D eigenvalue weighted by Gasteiger charge is 2.55. The third-order valence-corrected chi connectivity index (χ3v) is 4.83. The number of urea groups is 1. The fraction of sp³-hybridized carbons (Fsp3) is 0.368. The lowest BCUT2D eigenvalue weighted by molar-refractivity contribution is -0.0465. The third-order valence-electron chi connectivity index (χ3n) is 4.83. The smallest absolute Gasteiger partial charge is 0.320 e. The summed E-state index contributed by atoms with van der Waals surface area (Å²) in [4.78, 5) is 12.2. The van der Waals surface area contributed by atoms with Crippen LogP contribution in [0.4, 0.5) is 29.5 Å². The van der Waals surface area contributed by atoms with Crippen LogP contribution in [0.3, 0.4) is 0 Å². The summed E-state index contributed by atoms with van der Waals surface area (Å²) >= 11 is 0. The lowest BCUT2D eigenvalue weighted by atomic mass is 9.81. The van der Waals surface area contributed by atoms with Gasteiger partial charge >= 0.3 is 6.03 Å². The fourth-order valence-electron chi connectivity index (χ4n) is 3.18. The monoisotopic (exact) mass is 389 g/mol. The number of hydrogen-bond donors (Lipinski definition) is 3. The largest absolute Gasteiger partial charge is 0.382 e. The molecule has 146 valence electrons. The topological polar surface area (TPSA) is 85.0 Å². The van der Waals surface area contributed by atoms with Gasteiger partial charge in [-0.25, -0.2) is 18.0 Å². The molecule has 0 radical (unpaired) electrons. The second-order valence-electron chi connectivity index (χ2n) is 7.19. The quantitative estimate of drug-likeness (QED) is 0.706. The maximum Gasteiger partial charge on any atom is 0.320 e. The van der Waals surface area contributed by atoms with E-state index in [2.05, 4.69) is 27.6 Å². The molecule has 1 fully saturated rings. The Morgan fingerprint density at radius 1 is 1.43 bits per heavy atom. The zero-order chi connectivity index (χ0) is 20.1. The highest BCUT2D eigenvalue weighted by molar-refractivity contribution is 5.95. The molecule has 0 saturated heterocycles. The standard InChI is InChI=1S/C19H18F3N5O/c1-18(21,22)19(6-4-11-2-3-11)13-9-14(20)12(8-15(13)24-17(28)25-19)10-27-7-5-16(23)26-27/h5,7-9,11H,2-3,10H2,1H3,(H2,23,26)(H2,24,25,28)/t19-/m0/s1. The molecule has 2 heterocycles. The highest BCUT2D eigenvalue weighted by Crippen LogP contribution is 2.44. The lowest BCUT2D eigenvalue weighted by Crippen LogP contribution is -2.59. The molecule has 1 aromatic heterocycles. The van der Waals surface area contributed by atoms with Gasteiger partial charge in [-0.1, -0.05) is 11.8 Å². The first-order valence-electron chi connectivity index (χ1n) is 8.79. The molecule has 1 atom stereocenters. The maximum atomic E-state index is 14.8. The van der Waals surface area contributed by atoms with Gasteiger partial charge < -0.3 is 16.4 Å². The van der Waals surface area contributed by atoms with E-state index >= 15 is 0 Å². The summed E-state index contributed by atoms with van der Waals surface area (Å²) in [6, 6.07) is 3.07. The Kier molecular flexibility index (Phi) is 4.03. The van der Waals surface area contributed by atoms with E-state index in [0.717, 1.165) is 18.9 Å². The number of benzene rings is 1. The highest BCUT2D eigenvalue weighted by atomic mass is 19.3. The second kappa shape index (κ2) is 6.19. The Morgan fingerprint density at radius 3 is 2.79 bits per heavy atom. The number of nitrogens with zero attached hydrogens (tertiary/aromatic N) is 2. The average Bonchev–Trinajstić information content (AvgIpc) is 3.34. The number of halogens is 3. The minimum atomic E-state index is -3.44. The molecule has 1 aliphatic carbocycles. The summed E-state index contributed by atoms with van der Waals surface area (Å²) in [5.74, 6) is 1.50. The van der Waals surface area contributed by atoms with Crippen LogP contribution in [0.1, 0.15) is 30.9 Å². The summed E-state index contributed by atoms with van der Waals surface area (Å²) in [5.41, 5.74) is 3.41. The number of carbonyl (C=O) groups excluding carboxylic acids is 1. The molecule has 2 aliphatic rings. The molecule has 0 spiro atoms. The van der Waals surface area contributed by atoms with Gasteiger partial charge in [0.15, 0.2) is 5.54 Å². The summed E-state index contributed by atoms with van der Waals surface area (Å²) in [6.07, 6.45) is 3.23. The fourth-order valence-corrected chi connectivity index (χ4v) is 3.18. The number of carbonyl (C=O) groups is 1. The molecule has 28 heavy (non-hydrogen) atoms. The van der Waals surface area contributed by atoms with Gasteiger partial charge in [0.05, 0.1) is 6.54 Å². The number of nitrogens with two attached hydrogens (primary N) is 1. The average molecular weight is 389 g/mol. The Morgan fingerprint density at radius 2 is 2.18 bits per heavy atom. The molecule has 1 saturated carbocycles. The normalized spacial score (nSPS) is 21.2. The van der Waals surface area contributed by atoms with Crippen LogP contribution < -0.4 is 16.4 Å². The number of anilines is 2. The number of alkyl halides is 2. The number of nitrogen functional groups attached to an aromatic ring is 1. The molecule has 4 rings (SSSR count). The second-order valence-corrected chi connectivity index (χ2v) is 7.19. The molecule has 2 aromatic rings. The number of nitrogens with one attached hydrogen (secondary N) is 2. The van der Waals surface area contributed by atoms with E-state index in [1.54, 1.807) is 12.3 Å². The first-order chi connectivity index (χ1) is 13.2. The van der Waals surface area contributed by atoms with E-state index in [4.69, 9.17) is 5.73 Å². The lowest BCUT2D eigenvalue weighted by Gasteiger charge is -2.40. The van der Waals surface area contributed by atoms with Gasteiger partial charge in [-0.15, -0.1) is 0 Å². The molecular formula is C19H18F3N5O. The van der Waals surface area contributed by atoms with Gasteiger partial charge in [0.2, 0.25) is 0 Å². The Hall–Kier alpha value is -3.15. The Balaban J connectivity index is 1.82. The van der Waals surface area contributed by atoms with Gasteiger partial charge in [0.25, 0.3) is 5.92 Å². The third kappa shape index (κ3) is 3.15. The minimum Gasteiger partial charge on any atom is -0.382 e. The van der Waals surface area contributed by atoms with Crippen LogP contribution in [0.2, 0.25) is 0 Å². The molecule has 1 aliphatic heterocycles. The number of amides is 2. The van der Waals surface area contributed by atoms with E-state index in [1.165, 1.54) is 10.7 Å². The first-order valence-corrected chi connectivity index (χ1v) is 8.79. The van der Waals surface area contributed by atoms with Crippen LogP contribution in [0.25, 0.3) is 0 Å². The summed E-state index contributed by atoms with van der Waals surface area (Å²) in [5, 5.41) is 8.69. The van der Waals surface area contributed by atoms with Crippen LogP contribution in [0, 0.1) is 23.6 Å². The van der Waals surface area contributed by atoms with Gasteiger partial charge in [-0.05, 0) is 31.0 Å². The van der Waals surface area contributed by atoms with Gasteiger partial charge in [0.1, 0.15) is 11.6 Å². The predicted octanol–water partition coefficient (Wildman–Crippen LogP) is 3.05. The SMILES string of the molecule is CC(F)(F)[C@@]1(C#CC2CC2)NC(=O)Nc2cc(Cn3ccc(N)n3)c(F)cc21. The van der Waals surface area contributed by atoms with E-state index in [9.17, 15) is 18.0 Å². The van der Waals surface area contributed by atoms with Crippen LogP contribution in [0.5, 0.6) is 0 Å². The summed E-state index contributed by atoms with van der Waals surface area (Å²) in [7, 11) is 0. The molecule has 0 unspecified atom stereocenters. The van der Waals surface area contributed by atoms with E-state index in [1.807, 2.05) is 0 Å². The van der Waals surface area contributed by atoms with Gasteiger partial charge in [-0.3, -0.25) is 4.68 Å². The van der Waals surface area contributed by atoms with Gasteiger partial charge in [0, 0.05) is 35.9 Å². The Bertz CT molecular complexity index is 1010.